The summed E-state index contributed by atoms with van der Waals surface area (Å²) in [4.78, 5) is 53.4. The molecule has 5 rings (SSSR count). The van der Waals surface area contributed by atoms with Gasteiger partial charge in [-0.05, 0) is 39.7 Å². The number of fused-ring (bicyclic) bond motifs is 3. The predicted molar refractivity (Wildman–Crippen MR) is 178 cm³/mol. The summed E-state index contributed by atoms with van der Waals surface area (Å²) in [7, 11) is 1.33. The molecule has 2 aromatic rings. The number of aliphatic hydroxyl groups excluding tert-OH is 1. The number of carbonyl (C=O) groups excluding carboxylic acids is 4. The summed E-state index contributed by atoms with van der Waals surface area (Å²) >= 11 is 0. The van der Waals surface area contributed by atoms with Gasteiger partial charge in [0.2, 0.25) is 11.7 Å². The number of amides is 1. The molecule has 50 heavy (non-hydrogen) atoms. The standard InChI is InChI=1S/C37H47NO12/c1-18-19(2)49-27(14-22(18)38-26(41)12-7-6-8-13-36(3,4)46)50-24-16-37(47,25(40)17-39)15-21-29(24)35(45)31-30(33(21)43)32(42)20-10-9-11-23(48-5)28(20)34(31)44/h9-11,18-19,22,24,27,39,43,45-47H,6-8,12-17H2,1-5H3,(H,38,41)/t18-,19+,22+,24+,27+,37+/m1/s1. The van der Waals surface area contributed by atoms with Crippen LogP contribution in [0.1, 0.15) is 122 Å². The van der Waals surface area contributed by atoms with Crippen molar-refractivity contribution in [3.63, 3.8) is 0 Å². The van der Waals surface area contributed by atoms with Crippen LogP contribution in [0.4, 0.5) is 0 Å². The van der Waals surface area contributed by atoms with E-state index in [1.807, 2.05) is 13.8 Å². The van der Waals surface area contributed by atoms with Crippen molar-refractivity contribution in [2.75, 3.05) is 13.7 Å². The minimum absolute atomic E-state index is 0.0530. The highest BCUT2D eigenvalue weighted by atomic mass is 16.7. The fourth-order valence-corrected chi connectivity index (χ4v) is 7.32. The molecule has 1 aliphatic heterocycles. The Kier molecular flexibility index (Phi) is 10.8. The third-order valence-corrected chi connectivity index (χ3v) is 10.3. The molecule has 2 aromatic carbocycles. The number of rotatable bonds is 12. The molecule has 0 saturated carbocycles. The smallest absolute Gasteiger partial charge is 0.220 e. The second kappa shape index (κ2) is 14.4. The predicted octanol–water partition coefficient (Wildman–Crippen LogP) is 3.16. The third kappa shape index (κ3) is 7.15. The molecule has 0 aromatic heterocycles. The van der Waals surface area contributed by atoms with Crippen molar-refractivity contribution in [3.05, 3.63) is 51.6 Å². The number of Topliss-reactive ketones (excluding diaryl/α,β-unsaturated/α-hetero) is 1. The summed E-state index contributed by atoms with van der Waals surface area (Å²) in [6, 6.07) is 4.01. The Bertz CT molecular complexity index is 1680. The zero-order valence-electron chi connectivity index (χ0n) is 29.1. The molecule has 13 heteroatoms. The van der Waals surface area contributed by atoms with Gasteiger partial charge in [0, 0.05) is 54.3 Å². The Morgan fingerprint density at radius 1 is 1.04 bits per heavy atom. The van der Waals surface area contributed by atoms with Gasteiger partial charge in [-0.1, -0.05) is 31.9 Å². The first-order valence-corrected chi connectivity index (χ1v) is 17.1. The number of unbranched alkanes of at least 4 members (excludes halogenated alkanes) is 2. The van der Waals surface area contributed by atoms with Crippen molar-refractivity contribution in [2.45, 2.75) is 115 Å². The molecule has 0 unspecified atom stereocenters. The first-order chi connectivity index (χ1) is 23.5. The quantitative estimate of drug-likeness (QED) is 0.119. The van der Waals surface area contributed by atoms with E-state index < -0.39 is 89.1 Å². The number of hydrogen-bond donors (Lipinski definition) is 6. The molecule has 0 bridgehead atoms. The van der Waals surface area contributed by atoms with E-state index in [9.17, 15) is 44.7 Å². The molecule has 1 saturated heterocycles. The van der Waals surface area contributed by atoms with Crippen molar-refractivity contribution in [1.29, 1.82) is 0 Å². The van der Waals surface area contributed by atoms with Gasteiger partial charge in [-0.25, -0.2) is 0 Å². The Balaban J connectivity index is 1.45. The molecule has 0 radical (unpaired) electrons. The normalized spacial score (nSPS) is 26.1. The monoisotopic (exact) mass is 697 g/mol. The SMILES string of the molecule is COc1cccc2c1C(=O)c1c(O)c3c(c(O)c1C2=O)C[C@@](O)(C(=O)CO)C[C@@H]3O[C@H]1C[C@H](NC(=O)CCCCCC(C)(C)O)[C@H](C)[C@H](C)O1. The van der Waals surface area contributed by atoms with E-state index in [1.54, 1.807) is 13.8 Å². The van der Waals surface area contributed by atoms with Crippen LogP contribution in [-0.4, -0.2) is 92.1 Å². The molecule has 6 N–H and O–H groups in total. The molecule has 1 amide bonds. The first-order valence-electron chi connectivity index (χ1n) is 17.1. The van der Waals surface area contributed by atoms with Gasteiger partial charge in [0.15, 0.2) is 17.9 Å². The Labute approximate surface area is 290 Å². The van der Waals surface area contributed by atoms with E-state index in [-0.39, 0.29) is 52.3 Å². The van der Waals surface area contributed by atoms with E-state index in [4.69, 9.17) is 14.2 Å². The van der Waals surface area contributed by atoms with Crippen LogP contribution in [0.5, 0.6) is 17.2 Å². The van der Waals surface area contributed by atoms with E-state index in [0.717, 1.165) is 12.8 Å². The minimum atomic E-state index is -2.26. The highest BCUT2D eigenvalue weighted by molar-refractivity contribution is 6.31. The molecular weight excluding hydrogens is 650 g/mol. The second-order valence-electron chi connectivity index (χ2n) is 14.4. The molecule has 2 aliphatic carbocycles. The summed E-state index contributed by atoms with van der Waals surface area (Å²) in [5.74, 6) is -4.04. The van der Waals surface area contributed by atoms with Gasteiger partial charge < -0.3 is 45.1 Å². The zero-order chi connectivity index (χ0) is 36.7. The minimum Gasteiger partial charge on any atom is -0.507 e. The van der Waals surface area contributed by atoms with Crippen LogP contribution in [-0.2, 0) is 25.5 Å². The number of phenolic OH excluding ortho intramolecular Hbond substituents is 2. The number of nitrogens with one attached hydrogen (secondary N) is 1. The maximum Gasteiger partial charge on any atom is 0.220 e. The van der Waals surface area contributed by atoms with Crippen LogP contribution < -0.4 is 10.1 Å². The van der Waals surface area contributed by atoms with Crippen molar-refractivity contribution in [2.24, 2.45) is 5.92 Å². The third-order valence-electron chi connectivity index (χ3n) is 10.3. The number of phenols is 2. The summed E-state index contributed by atoms with van der Waals surface area (Å²) in [5, 5.41) is 57.5. The topological polar surface area (TPSA) is 209 Å². The van der Waals surface area contributed by atoms with Crippen molar-refractivity contribution in [1.82, 2.24) is 5.32 Å². The van der Waals surface area contributed by atoms with Crippen LogP contribution in [0.15, 0.2) is 18.2 Å². The van der Waals surface area contributed by atoms with Crippen LogP contribution in [0.3, 0.4) is 0 Å². The molecule has 1 fully saturated rings. The highest BCUT2D eigenvalue weighted by Gasteiger charge is 2.50. The fraction of sp³-hybridized carbons (Fsp3) is 0.568. The number of hydrogen-bond acceptors (Lipinski definition) is 12. The number of methoxy groups -OCH3 is 1. The van der Waals surface area contributed by atoms with Crippen molar-refractivity contribution in [3.8, 4) is 17.2 Å². The van der Waals surface area contributed by atoms with E-state index in [2.05, 4.69) is 5.32 Å². The van der Waals surface area contributed by atoms with Gasteiger partial charge in [0.1, 0.15) is 29.5 Å². The maximum atomic E-state index is 13.9. The highest BCUT2D eigenvalue weighted by Crippen LogP contribution is 2.52. The van der Waals surface area contributed by atoms with E-state index in [1.165, 1.54) is 25.3 Å². The number of carbonyl (C=O) groups is 4. The Morgan fingerprint density at radius 3 is 2.40 bits per heavy atom. The molecule has 272 valence electrons. The molecule has 3 aliphatic rings. The zero-order valence-corrected chi connectivity index (χ0v) is 29.1. The van der Waals surface area contributed by atoms with Crippen LogP contribution >= 0.6 is 0 Å². The molecule has 1 heterocycles. The summed E-state index contributed by atoms with van der Waals surface area (Å²) in [5.41, 5.74) is -4.38. The summed E-state index contributed by atoms with van der Waals surface area (Å²) in [6.45, 7) is 6.20. The molecular formula is C37H47NO12. The lowest BCUT2D eigenvalue weighted by atomic mass is 9.72. The lowest BCUT2D eigenvalue weighted by Gasteiger charge is -2.43. The Morgan fingerprint density at radius 2 is 1.74 bits per heavy atom. The van der Waals surface area contributed by atoms with Gasteiger partial charge in [0.05, 0.1) is 41.6 Å². The average molecular weight is 698 g/mol. The summed E-state index contributed by atoms with van der Waals surface area (Å²) < 4.78 is 17.8. The second-order valence-corrected chi connectivity index (χ2v) is 14.4. The fourth-order valence-electron chi connectivity index (χ4n) is 7.32. The van der Waals surface area contributed by atoms with Crippen molar-refractivity contribution < 1.29 is 58.9 Å². The van der Waals surface area contributed by atoms with E-state index >= 15 is 0 Å². The number of aliphatic hydroxyl groups is 3. The van der Waals surface area contributed by atoms with Gasteiger partial charge in [0.25, 0.3) is 0 Å². The number of aromatic hydroxyl groups is 2. The molecule has 6 atom stereocenters. The number of benzene rings is 2. The van der Waals surface area contributed by atoms with Gasteiger partial charge in [-0.2, -0.15) is 0 Å². The lowest BCUT2D eigenvalue weighted by molar-refractivity contribution is -0.238. The van der Waals surface area contributed by atoms with Crippen LogP contribution in [0.25, 0.3) is 0 Å². The van der Waals surface area contributed by atoms with E-state index in [0.29, 0.717) is 19.3 Å². The lowest BCUT2D eigenvalue weighted by Crippen LogP contribution is -2.52. The molecule has 13 nitrogen and oxygen atoms in total. The first kappa shape index (κ1) is 37.4. The largest absolute Gasteiger partial charge is 0.507 e. The molecule has 0 spiro atoms. The number of ether oxygens (including phenoxy) is 3. The Hall–Kier alpha value is -3.88. The van der Waals surface area contributed by atoms with Gasteiger partial charge in [-0.15, -0.1) is 0 Å². The van der Waals surface area contributed by atoms with Crippen LogP contribution in [0.2, 0.25) is 0 Å². The summed E-state index contributed by atoms with van der Waals surface area (Å²) in [6.07, 6.45) is -0.539. The average Bonchev–Trinajstić information content (AvgIpc) is 3.05. The van der Waals surface area contributed by atoms with Crippen molar-refractivity contribution >= 4 is 23.3 Å². The van der Waals surface area contributed by atoms with Gasteiger partial charge >= 0.3 is 0 Å². The maximum absolute atomic E-state index is 13.9. The van der Waals surface area contributed by atoms with Gasteiger partial charge in [-0.3, -0.25) is 19.2 Å². The number of ketones is 3. The van der Waals surface area contributed by atoms with Crippen LogP contribution in [0, 0.1) is 5.92 Å².